The van der Waals surface area contributed by atoms with Crippen molar-refractivity contribution in [1.29, 1.82) is 0 Å². The summed E-state index contributed by atoms with van der Waals surface area (Å²) in [7, 11) is 0. The van der Waals surface area contributed by atoms with Crippen LogP contribution in [0.15, 0.2) is 21.0 Å². The number of hydrogen-bond donors (Lipinski definition) is 1. The van der Waals surface area contributed by atoms with Crippen LogP contribution in [0.3, 0.4) is 0 Å². The largest absolute Gasteiger partial charge is 0.456 e. The lowest BCUT2D eigenvalue weighted by atomic mass is 10.2. The molecular formula is C14H14BrF2NO3. The molecule has 0 saturated heterocycles. The lowest BCUT2D eigenvalue weighted by Gasteiger charge is -2.19. The highest BCUT2D eigenvalue weighted by atomic mass is 79.9. The minimum atomic E-state index is -1.07. The molecule has 21 heavy (non-hydrogen) atoms. The van der Waals surface area contributed by atoms with Gasteiger partial charge in [0.25, 0.3) is 0 Å². The molecule has 0 atom stereocenters. The third-order valence-electron chi connectivity index (χ3n) is 2.50. The van der Waals surface area contributed by atoms with Gasteiger partial charge in [-0.1, -0.05) is 0 Å². The van der Waals surface area contributed by atoms with Crippen LogP contribution >= 0.6 is 15.9 Å². The first kappa shape index (κ1) is 15.8. The van der Waals surface area contributed by atoms with Crippen LogP contribution in [-0.2, 0) is 11.3 Å². The summed E-state index contributed by atoms with van der Waals surface area (Å²) in [5, 5.41) is 2.89. The number of carbonyl (C=O) groups excluding carboxylic acids is 1. The van der Waals surface area contributed by atoms with Crippen molar-refractivity contribution in [2.75, 3.05) is 0 Å². The van der Waals surface area contributed by atoms with E-state index in [-0.39, 0.29) is 16.6 Å². The molecule has 0 aliphatic heterocycles. The molecule has 2 rings (SSSR count). The third-order valence-corrected chi connectivity index (χ3v) is 3.08. The molecule has 1 amide bonds. The van der Waals surface area contributed by atoms with Crippen LogP contribution in [0.1, 0.15) is 26.5 Å². The van der Waals surface area contributed by atoms with Crippen LogP contribution in [0.4, 0.5) is 13.6 Å². The van der Waals surface area contributed by atoms with E-state index in [0.717, 1.165) is 0 Å². The zero-order valence-electron chi connectivity index (χ0n) is 11.7. The maximum absolute atomic E-state index is 13.7. The second kappa shape index (κ2) is 5.63. The highest BCUT2D eigenvalue weighted by molar-refractivity contribution is 9.10. The Balaban J connectivity index is 2.14. The molecule has 0 aliphatic carbocycles. The number of benzene rings is 1. The van der Waals surface area contributed by atoms with Gasteiger partial charge in [0.1, 0.15) is 11.4 Å². The van der Waals surface area contributed by atoms with Crippen molar-refractivity contribution in [2.45, 2.75) is 32.9 Å². The van der Waals surface area contributed by atoms with E-state index in [9.17, 15) is 13.6 Å². The molecule has 1 N–H and O–H groups in total. The monoisotopic (exact) mass is 361 g/mol. The SMILES string of the molecule is CC(C)(C)OC(=O)NCc1cc2cc(Br)c(F)c(F)c2o1. The summed E-state index contributed by atoms with van der Waals surface area (Å²) in [5.74, 6) is -1.78. The average molecular weight is 362 g/mol. The number of ether oxygens (including phenoxy) is 1. The molecule has 0 fully saturated rings. The quantitative estimate of drug-likeness (QED) is 0.801. The van der Waals surface area contributed by atoms with Crippen molar-refractivity contribution in [3.05, 3.63) is 34.0 Å². The smallest absolute Gasteiger partial charge is 0.408 e. The standard InChI is InChI=1S/C14H14BrF2NO3/c1-14(2,3)21-13(19)18-6-8-4-7-5-9(15)10(16)11(17)12(7)20-8/h4-5H,6H2,1-3H3,(H,18,19). The van der Waals surface area contributed by atoms with E-state index in [4.69, 9.17) is 9.15 Å². The summed E-state index contributed by atoms with van der Waals surface area (Å²) in [5.41, 5.74) is -0.797. The molecule has 0 saturated carbocycles. The van der Waals surface area contributed by atoms with E-state index in [1.54, 1.807) is 20.8 Å². The minimum absolute atomic E-state index is 0.0138. The van der Waals surface area contributed by atoms with Crippen LogP contribution in [0.2, 0.25) is 0 Å². The molecule has 4 nitrogen and oxygen atoms in total. The predicted molar refractivity (Wildman–Crippen MR) is 76.9 cm³/mol. The maximum Gasteiger partial charge on any atom is 0.408 e. The minimum Gasteiger partial charge on any atom is -0.456 e. The van der Waals surface area contributed by atoms with E-state index < -0.39 is 23.3 Å². The number of carbonyl (C=O) groups is 1. The first-order valence-corrected chi connectivity index (χ1v) is 6.99. The molecular weight excluding hydrogens is 348 g/mol. The zero-order valence-corrected chi connectivity index (χ0v) is 13.3. The fourth-order valence-corrected chi connectivity index (χ4v) is 2.12. The molecule has 0 bridgehead atoms. The van der Waals surface area contributed by atoms with Gasteiger partial charge in [-0.15, -0.1) is 0 Å². The van der Waals surface area contributed by atoms with Gasteiger partial charge in [-0.3, -0.25) is 0 Å². The van der Waals surface area contributed by atoms with Crippen LogP contribution in [-0.4, -0.2) is 11.7 Å². The molecule has 0 aliphatic rings. The Bertz CT molecular complexity index is 692. The van der Waals surface area contributed by atoms with Crippen molar-refractivity contribution in [3.8, 4) is 0 Å². The van der Waals surface area contributed by atoms with Crippen molar-refractivity contribution in [3.63, 3.8) is 0 Å². The van der Waals surface area contributed by atoms with Crippen LogP contribution in [0, 0.1) is 11.6 Å². The van der Waals surface area contributed by atoms with Gasteiger partial charge < -0.3 is 14.5 Å². The van der Waals surface area contributed by atoms with E-state index in [1.165, 1.54) is 12.1 Å². The lowest BCUT2D eigenvalue weighted by molar-refractivity contribution is 0.0520. The van der Waals surface area contributed by atoms with E-state index in [0.29, 0.717) is 11.1 Å². The van der Waals surface area contributed by atoms with Gasteiger partial charge in [0, 0.05) is 5.39 Å². The summed E-state index contributed by atoms with van der Waals surface area (Å²) < 4.78 is 37.4. The average Bonchev–Trinajstić information content (AvgIpc) is 2.75. The number of halogens is 3. The Morgan fingerprint density at radius 1 is 1.33 bits per heavy atom. The zero-order chi connectivity index (χ0) is 15.8. The Labute approximate surface area is 128 Å². The first-order chi connectivity index (χ1) is 9.67. The fourth-order valence-electron chi connectivity index (χ4n) is 1.70. The number of nitrogens with one attached hydrogen (secondary N) is 1. The summed E-state index contributed by atoms with van der Waals surface area (Å²) in [4.78, 5) is 11.5. The molecule has 1 aromatic carbocycles. The molecule has 114 valence electrons. The van der Waals surface area contributed by atoms with Gasteiger partial charge in [-0.05, 0) is 48.8 Å². The Morgan fingerprint density at radius 2 is 2.00 bits per heavy atom. The molecule has 1 heterocycles. The van der Waals surface area contributed by atoms with Gasteiger partial charge in [-0.2, -0.15) is 4.39 Å². The number of amides is 1. The molecule has 0 spiro atoms. The first-order valence-electron chi connectivity index (χ1n) is 6.20. The summed E-state index contributed by atoms with van der Waals surface area (Å²) in [6.07, 6.45) is -0.615. The van der Waals surface area contributed by atoms with Gasteiger partial charge in [0.05, 0.1) is 11.0 Å². The Kier molecular flexibility index (Phi) is 4.22. The summed E-state index contributed by atoms with van der Waals surface area (Å²) in [6.45, 7) is 5.23. The van der Waals surface area contributed by atoms with Crippen molar-refractivity contribution in [2.24, 2.45) is 0 Å². The Hall–Kier alpha value is -1.63. The maximum atomic E-state index is 13.7. The van der Waals surface area contributed by atoms with Crippen LogP contribution in [0.5, 0.6) is 0 Å². The molecule has 0 radical (unpaired) electrons. The van der Waals surface area contributed by atoms with Gasteiger partial charge in [0.2, 0.25) is 5.82 Å². The third kappa shape index (κ3) is 3.72. The number of alkyl carbamates (subject to hydrolysis) is 1. The lowest BCUT2D eigenvalue weighted by Crippen LogP contribution is -2.32. The predicted octanol–water partition coefficient (Wildman–Crippen LogP) is 4.50. The number of fused-ring (bicyclic) bond motifs is 1. The normalized spacial score (nSPS) is 11.7. The van der Waals surface area contributed by atoms with E-state index >= 15 is 0 Å². The second-order valence-electron chi connectivity index (χ2n) is 5.47. The number of furan rings is 1. The van der Waals surface area contributed by atoms with Crippen LogP contribution in [0.25, 0.3) is 11.0 Å². The van der Waals surface area contributed by atoms with E-state index in [1.807, 2.05) is 0 Å². The van der Waals surface area contributed by atoms with Crippen molar-refractivity contribution >= 4 is 33.0 Å². The Morgan fingerprint density at radius 3 is 2.62 bits per heavy atom. The van der Waals surface area contributed by atoms with Crippen LogP contribution < -0.4 is 5.32 Å². The van der Waals surface area contributed by atoms with Gasteiger partial charge >= 0.3 is 6.09 Å². The highest BCUT2D eigenvalue weighted by Gasteiger charge is 2.18. The molecule has 7 heteroatoms. The topological polar surface area (TPSA) is 51.5 Å². The number of hydrogen-bond acceptors (Lipinski definition) is 3. The van der Waals surface area contributed by atoms with Gasteiger partial charge in [-0.25, -0.2) is 9.18 Å². The highest BCUT2D eigenvalue weighted by Crippen LogP contribution is 2.29. The number of rotatable bonds is 2. The van der Waals surface area contributed by atoms with Gasteiger partial charge in [0.15, 0.2) is 11.4 Å². The molecule has 0 unspecified atom stereocenters. The summed E-state index contributed by atoms with van der Waals surface area (Å²) >= 11 is 2.93. The van der Waals surface area contributed by atoms with E-state index in [2.05, 4.69) is 21.2 Å². The molecule has 1 aromatic heterocycles. The molecule has 2 aromatic rings. The second-order valence-corrected chi connectivity index (χ2v) is 6.33. The fraction of sp³-hybridized carbons (Fsp3) is 0.357. The van der Waals surface area contributed by atoms with Crippen molar-refractivity contribution < 1.29 is 22.7 Å². The van der Waals surface area contributed by atoms with Crippen molar-refractivity contribution in [1.82, 2.24) is 5.32 Å². The summed E-state index contributed by atoms with van der Waals surface area (Å²) in [6, 6.07) is 2.94.